The van der Waals surface area contributed by atoms with Crippen molar-refractivity contribution in [3.05, 3.63) is 71.8 Å². The van der Waals surface area contributed by atoms with Gasteiger partial charge in [0, 0.05) is 12.6 Å². The molecule has 1 fully saturated rings. The van der Waals surface area contributed by atoms with Gasteiger partial charge in [-0.3, -0.25) is 4.90 Å². The number of benzene rings is 2. The Morgan fingerprint density at radius 3 is 2.26 bits per heavy atom. The number of hydrogen-bond donors (Lipinski definition) is 0. The fraction of sp³-hybridized carbons (Fsp3) is 0.333. The summed E-state index contributed by atoms with van der Waals surface area (Å²) >= 11 is 0. The molecule has 0 aromatic heterocycles. The van der Waals surface area contributed by atoms with E-state index in [2.05, 4.69) is 65.6 Å². The lowest BCUT2D eigenvalue weighted by Gasteiger charge is -2.36. The Labute approximate surface area is 115 Å². The zero-order valence-electron chi connectivity index (χ0n) is 11.3. The van der Waals surface area contributed by atoms with Crippen LogP contribution in [0.25, 0.3) is 0 Å². The van der Waals surface area contributed by atoms with Gasteiger partial charge in [-0.05, 0) is 30.5 Å². The summed E-state index contributed by atoms with van der Waals surface area (Å²) in [5.74, 6) is 0. The third-order valence-electron chi connectivity index (χ3n) is 4.03. The van der Waals surface area contributed by atoms with Gasteiger partial charge in [-0.2, -0.15) is 0 Å². The highest BCUT2D eigenvalue weighted by Gasteiger charge is 2.23. The van der Waals surface area contributed by atoms with Crippen LogP contribution in [0.15, 0.2) is 60.7 Å². The lowest BCUT2D eigenvalue weighted by molar-refractivity contribution is 0.140. The van der Waals surface area contributed by atoms with E-state index in [4.69, 9.17) is 0 Å². The lowest BCUT2D eigenvalue weighted by atomic mass is 9.95. The molecule has 2 aromatic carbocycles. The zero-order valence-corrected chi connectivity index (χ0v) is 11.3. The smallest absolute Gasteiger partial charge is 0.0351 e. The van der Waals surface area contributed by atoms with Crippen LogP contribution in [-0.2, 0) is 6.54 Å². The first-order valence-electron chi connectivity index (χ1n) is 7.26. The van der Waals surface area contributed by atoms with Crippen LogP contribution in [0.4, 0.5) is 0 Å². The molecule has 1 atom stereocenters. The summed E-state index contributed by atoms with van der Waals surface area (Å²) in [6.07, 6.45) is 3.97. The number of likely N-dealkylation sites (tertiary alicyclic amines) is 1. The van der Waals surface area contributed by atoms with Crippen molar-refractivity contribution in [2.24, 2.45) is 0 Å². The highest BCUT2D eigenvalue weighted by atomic mass is 15.2. The predicted octanol–water partition coefficient (Wildman–Crippen LogP) is 4.41. The number of rotatable bonds is 3. The molecule has 3 rings (SSSR count). The molecule has 1 aliphatic heterocycles. The van der Waals surface area contributed by atoms with Crippen LogP contribution in [0, 0.1) is 0 Å². The van der Waals surface area contributed by atoms with Gasteiger partial charge in [0.2, 0.25) is 0 Å². The average Bonchev–Trinajstić information content (AvgIpc) is 2.50. The van der Waals surface area contributed by atoms with Gasteiger partial charge in [0.1, 0.15) is 0 Å². The van der Waals surface area contributed by atoms with Crippen molar-refractivity contribution in [2.75, 3.05) is 6.54 Å². The van der Waals surface area contributed by atoms with Crippen LogP contribution in [0.5, 0.6) is 0 Å². The Hall–Kier alpha value is -1.60. The van der Waals surface area contributed by atoms with Crippen molar-refractivity contribution in [2.45, 2.75) is 31.8 Å². The molecule has 0 N–H and O–H groups in total. The minimum atomic E-state index is 0.593. The Balaban J connectivity index is 1.78. The summed E-state index contributed by atoms with van der Waals surface area (Å²) in [6.45, 7) is 2.29. The number of piperidine rings is 1. The Kier molecular flexibility index (Phi) is 3.95. The molecule has 0 unspecified atom stereocenters. The van der Waals surface area contributed by atoms with Crippen LogP contribution < -0.4 is 0 Å². The topological polar surface area (TPSA) is 3.24 Å². The van der Waals surface area contributed by atoms with Gasteiger partial charge in [0.15, 0.2) is 0 Å². The van der Waals surface area contributed by atoms with Gasteiger partial charge in [0.05, 0.1) is 0 Å². The predicted molar refractivity (Wildman–Crippen MR) is 79.9 cm³/mol. The summed E-state index contributed by atoms with van der Waals surface area (Å²) in [7, 11) is 0. The second-order valence-corrected chi connectivity index (χ2v) is 5.38. The van der Waals surface area contributed by atoms with Crippen LogP contribution in [-0.4, -0.2) is 11.4 Å². The van der Waals surface area contributed by atoms with Crippen molar-refractivity contribution in [3.63, 3.8) is 0 Å². The summed E-state index contributed by atoms with van der Waals surface area (Å²) in [6, 6.07) is 22.4. The van der Waals surface area contributed by atoms with Gasteiger partial charge in [-0.15, -0.1) is 0 Å². The highest BCUT2D eigenvalue weighted by molar-refractivity contribution is 5.21. The molecule has 19 heavy (non-hydrogen) atoms. The van der Waals surface area contributed by atoms with E-state index < -0.39 is 0 Å². The molecule has 0 aliphatic carbocycles. The fourth-order valence-corrected chi connectivity index (χ4v) is 3.05. The molecule has 1 heterocycles. The lowest BCUT2D eigenvalue weighted by Crippen LogP contribution is -2.32. The maximum atomic E-state index is 2.63. The van der Waals surface area contributed by atoms with E-state index in [1.54, 1.807) is 0 Å². The van der Waals surface area contributed by atoms with Crippen molar-refractivity contribution >= 4 is 0 Å². The second kappa shape index (κ2) is 6.03. The average molecular weight is 251 g/mol. The van der Waals surface area contributed by atoms with Crippen molar-refractivity contribution in [1.82, 2.24) is 4.90 Å². The van der Waals surface area contributed by atoms with E-state index in [9.17, 15) is 0 Å². The fourth-order valence-electron chi connectivity index (χ4n) is 3.05. The largest absolute Gasteiger partial charge is 0.292 e. The molecule has 1 heteroatoms. The molecular formula is C18H21N. The Morgan fingerprint density at radius 2 is 1.53 bits per heavy atom. The monoisotopic (exact) mass is 251 g/mol. The molecule has 0 saturated carbocycles. The van der Waals surface area contributed by atoms with Gasteiger partial charge in [0.25, 0.3) is 0 Å². The van der Waals surface area contributed by atoms with Gasteiger partial charge >= 0.3 is 0 Å². The third kappa shape index (κ3) is 3.05. The minimum Gasteiger partial charge on any atom is -0.292 e. The standard InChI is InChI=1S/C18H21N/c1-3-9-16(10-4-1)15-19-14-8-7-13-18(19)17-11-5-2-6-12-17/h1-6,9-12,18H,7-8,13-15H2/t18-/m1/s1. The first kappa shape index (κ1) is 12.4. The maximum Gasteiger partial charge on any atom is 0.0351 e. The SMILES string of the molecule is c1ccc(CN2CCCC[C@@H]2c2ccccc2)cc1. The molecule has 1 saturated heterocycles. The van der Waals surface area contributed by atoms with E-state index in [1.165, 1.54) is 36.9 Å². The molecule has 1 aliphatic rings. The van der Waals surface area contributed by atoms with Crippen molar-refractivity contribution < 1.29 is 0 Å². The van der Waals surface area contributed by atoms with E-state index in [-0.39, 0.29) is 0 Å². The van der Waals surface area contributed by atoms with Crippen LogP contribution in [0.3, 0.4) is 0 Å². The normalized spacial score (nSPS) is 20.3. The molecular weight excluding hydrogens is 230 g/mol. The third-order valence-corrected chi connectivity index (χ3v) is 4.03. The van der Waals surface area contributed by atoms with Crippen LogP contribution in [0.2, 0.25) is 0 Å². The van der Waals surface area contributed by atoms with Crippen LogP contribution >= 0.6 is 0 Å². The van der Waals surface area contributed by atoms with Gasteiger partial charge < -0.3 is 0 Å². The molecule has 98 valence electrons. The Bertz CT molecular complexity index is 492. The van der Waals surface area contributed by atoms with Gasteiger partial charge in [-0.1, -0.05) is 67.1 Å². The molecule has 2 aromatic rings. The summed E-state index contributed by atoms with van der Waals surface area (Å²) < 4.78 is 0. The quantitative estimate of drug-likeness (QED) is 0.781. The molecule has 0 bridgehead atoms. The molecule has 0 radical (unpaired) electrons. The Morgan fingerprint density at radius 1 is 0.842 bits per heavy atom. The molecule has 0 spiro atoms. The van der Waals surface area contributed by atoms with Crippen molar-refractivity contribution in [1.29, 1.82) is 0 Å². The van der Waals surface area contributed by atoms with E-state index in [0.29, 0.717) is 6.04 Å². The maximum absolute atomic E-state index is 2.63. The van der Waals surface area contributed by atoms with Crippen molar-refractivity contribution in [3.8, 4) is 0 Å². The highest BCUT2D eigenvalue weighted by Crippen LogP contribution is 2.31. The summed E-state index contributed by atoms with van der Waals surface area (Å²) in [5.41, 5.74) is 2.89. The zero-order chi connectivity index (χ0) is 12.9. The first-order valence-corrected chi connectivity index (χ1v) is 7.26. The molecule has 0 amide bonds. The summed E-state index contributed by atoms with van der Waals surface area (Å²) in [4.78, 5) is 2.63. The summed E-state index contributed by atoms with van der Waals surface area (Å²) in [5, 5.41) is 0. The second-order valence-electron chi connectivity index (χ2n) is 5.38. The number of nitrogens with zero attached hydrogens (tertiary/aromatic N) is 1. The van der Waals surface area contributed by atoms with Crippen LogP contribution in [0.1, 0.15) is 36.4 Å². The van der Waals surface area contributed by atoms with Gasteiger partial charge in [-0.25, -0.2) is 0 Å². The van der Waals surface area contributed by atoms with E-state index in [0.717, 1.165) is 6.54 Å². The van der Waals surface area contributed by atoms with E-state index in [1.807, 2.05) is 0 Å². The van der Waals surface area contributed by atoms with E-state index >= 15 is 0 Å². The minimum absolute atomic E-state index is 0.593. The molecule has 1 nitrogen and oxygen atoms in total. The number of hydrogen-bond acceptors (Lipinski definition) is 1. The first-order chi connectivity index (χ1) is 9.43.